The highest BCUT2D eigenvalue weighted by Crippen LogP contribution is 2.15. The Morgan fingerprint density at radius 2 is 2.32 bits per heavy atom. The third-order valence-corrected chi connectivity index (χ3v) is 3.84. The van der Waals surface area contributed by atoms with Crippen LogP contribution in [-0.4, -0.2) is 64.1 Å². The molecule has 0 aliphatic carbocycles. The van der Waals surface area contributed by atoms with Gasteiger partial charge in [0, 0.05) is 39.0 Å². The van der Waals surface area contributed by atoms with Crippen molar-refractivity contribution in [3.63, 3.8) is 0 Å². The quantitative estimate of drug-likeness (QED) is 0.614. The third kappa shape index (κ3) is 7.88. The second-order valence-electron chi connectivity index (χ2n) is 5.63. The van der Waals surface area contributed by atoms with Gasteiger partial charge < -0.3 is 19.7 Å². The summed E-state index contributed by atoms with van der Waals surface area (Å²) in [5, 5.41) is 3.51. The molecule has 0 aromatic rings. The van der Waals surface area contributed by atoms with E-state index in [1.54, 1.807) is 0 Å². The summed E-state index contributed by atoms with van der Waals surface area (Å²) in [5.74, 6) is 0.721. The molecule has 0 bridgehead atoms. The van der Waals surface area contributed by atoms with Crippen molar-refractivity contribution in [3.05, 3.63) is 0 Å². The topological polar surface area (TPSA) is 33.7 Å². The normalized spacial score (nSPS) is 21.8. The molecule has 0 amide bonds. The van der Waals surface area contributed by atoms with E-state index in [9.17, 15) is 0 Å². The summed E-state index contributed by atoms with van der Waals surface area (Å²) in [5.41, 5.74) is 0. The summed E-state index contributed by atoms with van der Waals surface area (Å²) < 4.78 is 10.9. The maximum absolute atomic E-state index is 5.54. The van der Waals surface area contributed by atoms with Gasteiger partial charge in [-0.3, -0.25) is 0 Å². The zero-order valence-corrected chi connectivity index (χ0v) is 13.0. The van der Waals surface area contributed by atoms with Crippen LogP contribution in [0.1, 0.15) is 33.1 Å². The van der Waals surface area contributed by atoms with Crippen LogP contribution in [0.25, 0.3) is 0 Å². The first kappa shape index (κ1) is 16.9. The molecular weight excluding hydrogens is 240 g/mol. The standard InChI is InChI=1S/C15H32N2O2/c1-4-18-10-6-8-16-11-14(2)17(3)12-15-7-5-9-19-13-15/h14-16H,4-13H2,1-3H3. The summed E-state index contributed by atoms with van der Waals surface area (Å²) in [4.78, 5) is 2.45. The zero-order valence-electron chi connectivity index (χ0n) is 13.0. The Balaban J connectivity index is 2.02. The Kier molecular flexibility index (Phi) is 9.43. The molecule has 0 aromatic carbocycles. The van der Waals surface area contributed by atoms with Gasteiger partial charge in [0.1, 0.15) is 0 Å². The van der Waals surface area contributed by atoms with Gasteiger partial charge >= 0.3 is 0 Å². The van der Waals surface area contributed by atoms with Gasteiger partial charge in [-0.15, -0.1) is 0 Å². The Morgan fingerprint density at radius 1 is 1.47 bits per heavy atom. The van der Waals surface area contributed by atoms with Crippen molar-refractivity contribution in [2.24, 2.45) is 5.92 Å². The number of hydrogen-bond donors (Lipinski definition) is 1. The van der Waals surface area contributed by atoms with Crippen LogP contribution in [0.4, 0.5) is 0 Å². The summed E-state index contributed by atoms with van der Waals surface area (Å²) in [7, 11) is 2.22. The van der Waals surface area contributed by atoms with Gasteiger partial charge in [-0.2, -0.15) is 0 Å². The minimum atomic E-state index is 0.578. The molecular formula is C15H32N2O2. The summed E-state index contributed by atoms with van der Waals surface area (Å²) in [6.45, 7) is 11.2. The largest absolute Gasteiger partial charge is 0.382 e. The first-order valence-corrected chi connectivity index (χ1v) is 7.80. The van der Waals surface area contributed by atoms with E-state index in [0.29, 0.717) is 6.04 Å². The minimum Gasteiger partial charge on any atom is -0.382 e. The Hall–Kier alpha value is -0.160. The van der Waals surface area contributed by atoms with Crippen LogP contribution in [0.2, 0.25) is 0 Å². The van der Waals surface area contributed by atoms with Crippen LogP contribution in [-0.2, 0) is 9.47 Å². The molecule has 4 nitrogen and oxygen atoms in total. The molecule has 1 aliphatic rings. The van der Waals surface area contributed by atoms with E-state index in [-0.39, 0.29) is 0 Å². The fourth-order valence-electron chi connectivity index (χ4n) is 2.45. The number of likely N-dealkylation sites (N-methyl/N-ethyl adjacent to an activating group) is 1. The Labute approximate surface area is 118 Å². The van der Waals surface area contributed by atoms with E-state index < -0.39 is 0 Å². The van der Waals surface area contributed by atoms with Gasteiger partial charge in [-0.1, -0.05) is 0 Å². The number of nitrogens with zero attached hydrogens (tertiary/aromatic N) is 1. The first-order valence-electron chi connectivity index (χ1n) is 7.80. The fraction of sp³-hybridized carbons (Fsp3) is 1.00. The van der Waals surface area contributed by atoms with Gasteiger partial charge in [0.2, 0.25) is 0 Å². The van der Waals surface area contributed by atoms with Crippen LogP contribution in [0, 0.1) is 5.92 Å². The SMILES string of the molecule is CCOCCCNCC(C)N(C)CC1CCCOC1. The second-order valence-corrected chi connectivity index (χ2v) is 5.63. The maximum Gasteiger partial charge on any atom is 0.0506 e. The molecule has 1 aliphatic heterocycles. The van der Waals surface area contributed by atoms with Crippen molar-refractivity contribution in [1.82, 2.24) is 10.2 Å². The summed E-state index contributed by atoms with van der Waals surface area (Å²) >= 11 is 0. The lowest BCUT2D eigenvalue weighted by atomic mass is 10.0. The molecule has 1 heterocycles. The molecule has 0 radical (unpaired) electrons. The van der Waals surface area contributed by atoms with Crippen molar-refractivity contribution >= 4 is 0 Å². The lowest BCUT2D eigenvalue weighted by Crippen LogP contribution is -2.42. The van der Waals surface area contributed by atoms with Crippen LogP contribution >= 0.6 is 0 Å². The molecule has 0 spiro atoms. The molecule has 1 N–H and O–H groups in total. The van der Waals surface area contributed by atoms with Crippen LogP contribution in [0.3, 0.4) is 0 Å². The molecule has 2 atom stereocenters. The molecule has 4 heteroatoms. The van der Waals surface area contributed by atoms with E-state index in [1.807, 2.05) is 6.92 Å². The molecule has 2 unspecified atom stereocenters. The second kappa shape index (κ2) is 10.6. The van der Waals surface area contributed by atoms with Crippen molar-refractivity contribution in [3.8, 4) is 0 Å². The zero-order chi connectivity index (χ0) is 13.9. The van der Waals surface area contributed by atoms with Gasteiger partial charge in [0.25, 0.3) is 0 Å². The average Bonchev–Trinajstić information content (AvgIpc) is 2.43. The summed E-state index contributed by atoms with van der Waals surface area (Å²) in [6, 6.07) is 0.578. The van der Waals surface area contributed by atoms with Gasteiger partial charge in [-0.25, -0.2) is 0 Å². The molecule has 0 saturated carbocycles. The average molecular weight is 272 g/mol. The lowest BCUT2D eigenvalue weighted by molar-refractivity contribution is 0.0372. The Morgan fingerprint density at radius 3 is 3.00 bits per heavy atom. The number of nitrogens with one attached hydrogen (secondary N) is 1. The number of ether oxygens (including phenoxy) is 2. The fourth-order valence-corrected chi connectivity index (χ4v) is 2.45. The van der Waals surface area contributed by atoms with Crippen molar-refractivity contribution in [2.45, 2.75) is 39.2 Å². The monoisotopic (exact) mass is 272 g/mol. The van der Waals surface area contributed by atoms with Crippen molar-refractivity contribution in [1.29, 1.82) is 0 Å². The first-order chi connectivity index (χ1) is 9.24. The number of hydrogen-bond acceptors (Lipinski definition) is 4. The molecule has 1 rings (SSSR count). The highest BCUT2D eigenvalue weighted by atomic mass is 16.5. The van der Waals surface area contributed by atoms with E-state index in [0.717, 1.165) is 58.4 Å². The van der Waals surface area contributed by atoms with Crippen LogP contribution < -0.4 is 5.32 Å². The number of rotatable bonds is 10. The maximum atomic E-state index is 5.54. The van der Waals surface area contributed by atoms with E-state index in [2.05, 4.69) is 24.2 Å². The minimum absolute atomic E-state index is 0.578. The third-order valence-electron chi connectivity index (χ3n) is 3.84. The molecule has 1 fully saturated rings. The lowest BCUT2D eigenvalue weighted by Gasteiger charge is -2.31. The van der Waals surface area contributed by atoms with Crippen LogP contribution in [0.15, 0.2) is 0 Å². The predicted octanol–water partition coefficient (Wildman–Crippen LogP) is 1.75. The molecule has 0 aromatic heterocycles. The van der Waals surface area contributed by atoms with Gasteiger partial charge in [0.15, 0.2) is 0 Å². The van der Waals surface area contributed by atoms with Gasteiger partial charge in [0.05, 0.1) is 6.61 Å². The van der Waals surface area contributed by atoms with Gasteiger partial charge in [-0.05, 0) is 52.6 Å². The van der Waals surface area contributed by atoms with E-state index >= 15 is 0 Å². The van der Waals surface area contributed by atoms with Crippen LogP contribution in [0.5, 0.6) is 0 Å². The predicted molar refractivity (Wildman–Crippen MR) is 79.6 cm³/mol. The molecule has 1 saturated heterocycles. The Bertz CT molecular complexity index is 208. The van der Waals surface area contributed by atoms with Crippen molar-refractivity contribution < 1.29 is 9.47 Å². The highest BCUT2D eigenvalue weighted by molar-refractivity contribution is 4.72. The van der Waals surface area contributed by atoms with E-state index in [4.69, 9.17) is 9.47 Å². The summed E-state index contributed by atoms with van der Waals surface area (Å²) in [6.07, 6.45) is 3.64. The molecule has 19 heavy (non-hydrogen) atoms. The molecule has 114 valence electrons. The van der Waals surface area contributed by atoms with E-state index in [1.165, 1.54) is 12.8 Å². The highest BCUT2D eigenvalue weighted by Gasteiger charge is 2.18. The smallest absolute Gasteiger partial charge is 0.0506 e. The van der Waals surface area contributed by atoms with Crippen molar-refractivity contribution in [2.75, 3.05) is 53.1 Å².